The van der Waals surface area contributed by atoms with Crippen molar-refractivity contribution in [3.8, 4) is 0 Å². The smallest absolute Gasteiger partial charge is 0.00414 e. The van der Waals surface area contributed by atoms with E-state index in [-0.39, 0.29) is 0 Å². The highest BCUT2D eigenvalue weighted by atomic mass is 14.9. The Morgan fingerprint density at radius 2 is 1.50 bits per heavy atom. The molecule has 0 aromatic carbocycles. The van der Waals surface area contributed by atoms with Gasteiger partial charge >= 0.3 is 0 Å². The van der Waals surface area contributed by atoms with Crippen molar-refractivity contribution in [1.82, 2.24) is 5.32 Å². The maximum atomic E-state index is 3.76. The van der Waals surface area contributed by atoms with Gasteiger partial charge in [-0.25, -0.2) is 0 Å². The van der Waals surface area contributed by atoms with Crippen LogP contribution in [0.2, 0.25) is 0 Å². The van der Waals surface area contributed by atoms with Gasteiger partial charge in [0, 0.05) is 6.04 Å². The minimum absolute atomic E-state index is 0.761. The van der Waals surface area contributed by atoms with E-state index in [0.29, 0.717) is 0 Å². The van der Waals surface area contributed by atoms with Gasteiger partial charge in [0.1, 0.15) is 0 Å². The lowest BCUT2D eigenvalue weighted by Crippen LogP contribution is -2.33. The zero-order chi connectivity index (χ0) is 11.4. The van der Waals surface area contributed by atoms with E-state index < -0.39 is 0 Å². The molecule has 2 fully saturated rings. The van der Waals surface area contributed by atoms with E-state index >= 15 is 0 Å². The number of rotatable bonds is 6. The second-order valence-electron chi connectivity index (χ2n) is 6.28. The topological polar surface area (TPSA) is 12.0 Å². The lowest BCUT2D eigenvalue weighted by atomic mass is 9.81. The Morgan fingerprint density at radius 3 is 2.06 bits per heavy atom. The van der Waals surface area contributed by atoms with Crippen molar-refractivity contribution in [2.75, 3.05) is 6.54 Å². The fourth-order valence-corrected chi connectivity index (χ4v) is 3.15. The second kappa shape index (κ2) is 6.05. The molecule has 0 aromatic heterocycles. The average molecular weight is 223 g/mol. The van der Waals surface area contributed by atoms with Gasteiger partial charge in [0.2, 0.25) is 0 Å². The van der Waals surface area contributed by atoms with Gasteiger partial charge in [-0.2, -0.15) is 0 Å². The Labute approximate surface area is 101 Å². The molecule has 0 spiro atoms. The quantitative estimate of drug-likeness (QED) is 0.718. The van der Waals surface area contributed by atoms with Crippen molar-refractivity contribution in [1.29, 1.82) is 0 Å². The molecule has 0 bridgehead atoms. The molecule has 0 heterocycles. The van der Waals surface area contributed by atoms with Crippen LogP contribution in [0.1, 0.15) is 65.2 Å². The maximum Gasteiger partial charge on any atom is 0.00414 e. The third-order valence-corrected chi connectivity index (χ3v) is 4.68. The lowest BCUT2D eigenvalue weighted by Gasteiger charge is -2.29. The zero-order valence-corrected chi connectivity index (χ0v) is 11.2. The van der Waals surface area contributed by atoms with Crippen molar-refractivity contribution >= 4 is 0 Å². The summed E-state index contributed by atoms with van der Waals surface area (Å²) in [4.78, 5) is 0. The molecule has 0 saturated heterocycles. The summed E-state index contributed by atoms with van der Waals surface area (Å²) in [5.41, 5.74) is 0. The molecule has 1 heteroatoms. The van der Waals surface area contributed by atoms with Gasteiger partial charge in [-0.3, -0.25) is 0 Å². The van der Waals surface area contributed by atoms with Crippen molar-refractivity contribution in [2.24, 2.45) is 17.8 Å². The fourth-order valence-electron chi connectivity index (χ4n) is 3.15. The van der Waals surface area contributed by atoms with Crippen LogP contribution in [-0.2, 0) is 0 Å². The van der Waals surface area contributed by atoms with Crippen molar-refractivity contribution < 1.29 is 0 Å². The van der Waals surface area contributed by atoms with Crippen molar-refractivity contribution in [3.05, 3.63) is 0 Å². The average Bonchev–Trinajstić information content (AvgIpc) is 3.11. The normalized spacial score (nSPS) is 32.6. The molecule has 1 unspecified atom stereocenters. The van der Waals surface area contributed by atoms with Gasteiger partial charge in [-0.05, 0) is 50.5 Å². The first-order chi connectivity index (χ1) is 7.78. The molecular weight excluding hydrogens is 194 g/mol. The molecule has 0 radical (unpaired) electrons. The Morgan fingerprint density at radius 1 is 0.938 bits per heavy atom. The molecule has 0 amide bonds. The molecule has 2 aliphatic carbocycles. The number of nitrogens with one attached hydrogen (secondary N) is 1. The van der Waals surface area contributed by atoms with Crippen LogP contribution in [0.15, 0.2) is 0 Å². The standard InChI is InChI=1S/C15H29N/c1-3-13-4-8-15(9-5-13)11-16-12(2)10-14-6-7-14/h12-16H,3-11H2,1-2H3. The van der Waals surface area contributed by atoms with Crippen LogP contribution in [0.25, 0.3) is 0 Å². The highest BCUT2D eigenvalue weighted by Crippen LogP contribution is 2.34. The highest BCUT2D eigenvalue weighted by Gasteiger charge is 2.24. The summed E-state index contributed by atoms with van der Waals surface area (Å²) in [6, 6.07) is 0.761. The summed E-state index contributed by atoms with van der Waals surface area (Å²) in [5.74, 6) is 3.09. The Hall–Kier alpha value is -0.0400. The van der Waals surface area contributed by atoms with E-state index in [9.17, 15) is 0 Å². The minimum atomic E-state index is 0.761. The van der Waals surface area contributed by atoms with E-state index in [4.69, 9.17) is 0 Å². The van der Waals surface area contributed by atoms with E-state index in [1.807, 2.05) is 0 Å². The first-order valence-corrected chi connectivity index (χ1v) is 7.51. The zero-order valence-electron chi connectivity index (χ0n) is 11.2. The third kappa shape index (κ3) is 4.08. The van der Waals surface area contributed by atoms with Gasteiger partial charge in [0.25, 0.3) is 0 Å². The fraction of sp³-hybridized carbons (Fsp3) is 1.00. The van der Waals surface area contributed by atoms with Crippen molar-refractivity contribution in [2.45, 2.75) is 71.3 Å². The molecule has 2 rings (SSSR count). The van der Waals surface area contributed by atoms with E-state index in [1.165, 1.54) is 57.9 Å². The van der Waals surface area contributed by atoms with Crippen LogP contribution in [0.5, 0.6) is 0 Å². The molecule has 94 valence electrons. The van der Waals surface area contributed by atoms with Gasteiger partial charge in [0.15, 0.2) is 0 Å². The lowest BCUT2D eigenvalue weighted by molar-refractivity contribution is 0.256. The van der Waals surface area contributed by atoms with Crippen LogP contribution < -0.4 is 5.32 Å². The van der Waals surface area contributed by atoms with Crippen LogP contribution >= 0.6 is 0 Å². The third-order valence-electron chi connectivity index (χ3n) is 4.68. The van der Waals surface area contributed by atoms with Gasteiger partial charge < -0.3 is 5.32 Å². The Bertz CT molecular complexity index is 190. The second-order valence-corrected chi connectivity index (χ2v) is 6.28. The molecule has 1 atom stereocenters. The molecule has 0 aliphatic heterocycles. The van der Waals surface area contributed by atoms with E-state index in [1.54, 1.807) is 0 Å². The molecule has 2 saturated carbocycles. The molecular formula is C15H29N. The van der Waals surface area contributed by atoms with E-state index in [2.05, 4.69) is 19.2 Å². The number of hydrogen-bond acceptors (Lipinski definition) is 1. The predicted molar refractivity (Wildman–Crippen MR) is 70.5 cm³/mol. The summed E-state index contributed by atoms with van der Waals surface area (Å²) in [5, 5.41) is 3.76. The van der Waals surface area contributed by atoms with Crippen LogP contribution in [-0.4, -0.2) is 12.6 Å². The first-order valence-electron chi connectivity index (χ1n) is 7.51. The molecule has 1 nitrogen and oxygen atoms in total. The predicted octanol–water partition coefficient (Wildman–Crippen LogP) is 3.98. The Kier molecular flexibility index (Phi) is 4.69. The van der Waals surface area contributed by atoms with Crippen LogP contribution in [0.3, 0.4) is 0 Å². The molecule has 1 N–H and O–H groups in total. The Balaban J connectivity index is 1.55. The molecule has 0 aromatic rings. The monoisotopic (exact) mass is 223 g/mol. The van der Waals surface area contributed by atoms with Crippen molar-refractivity contribution in [3.63, 3.8) is 0 Å². The van der Waals surface area contributed by atoms with Gasteiger partial charge in [-0.1, -0.05) is 39.0 Å². The van der Waals surface area contributed by atoms with E-state index in [0.717, 1.165) is 23.8 Å². The van der Waals surface area contributed by atoms with Gasteiger partial charge in [0.05, 0.1) is 0 Å². The SMILES string of the molecule is CCC1CCC(CNC(C)CC2CC2)CC1. The molecule has 16 heavy (non-hydrogen) atoms. The summed E-state index contributed by atoms with van der Waals surface area (Å²) in [6.07, 6.45) is 11.7. The summed E-state index contributed by atoms with van der Waals surface area (Å²) in [7, 11) is 0. The number of hydrogen-bond donors (Lipinski definition) is 1. The summed E-state index contributed by atoms with van der Waals surface area (Å²) in [6.45, 7) is 6.00. The summed E-state index contributed by atoms with van der Waals surface area (Å²) < 4.78 is 0. The molecule has 2 aliphatic rings. The van der Waals surface area contributed by atoms with Crippen LogP contribution in [0.4, 0.5) is 0 Å². The highest BCUT2D eigenvalue weighted by molar-refractivity contribution is 4.79. The maximum absolute atomic E-state index is 3.76. The largest absolute Gasteiger partial charge is 0.314 e. The summed E-state index contributed by atoms with van der Waals surface area (Å²) >= 11 is 0. The van der Waals surface area contributed by atoms with Gasteiger partial charge in [-0.15, -0.1) is 0 Å². The first kappa shape index (κ1) is 12.4. The minimum Gasteiger partial charge on any atom is -0.314 e. The van der Waals surface area contributed by atoms with Crippen LogP contribution in [0, 0.1) is 17.8 Å².